The second-order valence-corrected chi connectivity index (χ2v) is 4.72. The third-order valence-corrected chi connectivity index (χ3v) is 3.39. The van der Waals surface area contributed by atoms with Gasteiger partial charge in [0.1, 0.15) is 6.04 Å². The molecule has 0 aromatic carbocycles. The fourth-order valence-electron chi connectivity index (χ4n) is 1.94. The van der Waals surface area contributed by atoms with E-state index in [1.165, 1.54) is 0 Å². The number of carbonyl (C=O) groups is 2. The number of halogens is 1. The summed E-state index contributed by atoms with van der Waals surface area (Å²) < 4.78 is 0. The van der Waals surface area contributed by atoms with Crippen LogP contribution in [-0.2, 0) is 9.59 Å². The molecule has 5 heteroatoms. The van der Waals surface area contributed by atoms with Gasteiger partial charge in [-0.3, -0.25) is 9.59 Å². The van der Waals surface area contributed by atoms with Crippen molar-refractivity contribution < 1.29 is 9.59 Å². The number of carbonyl (C=O) groups excluding carboxylic acids is 2. The molecule has 1 aliphatic carbocycles. The zero-order chi connectivity index (χ0) is 10.8. The topological polar surface area (TPSA) is 49.4 Å². The molecule has 2 aliphatic rings. The van der Waals surface area contributed by atoms with Gasteiger partial charge in [-0.05, 0) is 25.7 Å². The van der Waals surface area contributed by atoms with Gasteiger partial charge in [0, 0.05) is 12.6 Å². The van der Waals surface area contributed by atoms with Crippen molar-refractivity contribution in [2.75, 3.05) is 11.9 Å². The van der Waals surface area contributed by atoms with Crippen molar-refractivity contribution in [2.24, 2.45) is 0 Å². The van der Waals surface area contributed by atoms with Gasteiger partial charge in [0.2, 0.25) is 11.8 Å². The minimum atomic E-state index is -0.226. The SMILES string of the molecule is O=C(NC1CC1)[C@@H]1CCCN1C(=O)CBr. The van der Waals surface area contributed by atoms with Gasteiger partial charge in [-0.15, -0.1) is 0 Å². The zero-order valence-electron chi connectivity index (χ0n) is 8.54. The van der Waals surface area contributed by atoms with Crippen LogP contribution in [-0.4, -0.2) is 40.7 Å². The number of rotatable bonds is 3. The van der Waals surface area contributed by atoms with Crippen LogP contribution >= 0.6 is 15.9 Å². The van der Waals surface area contributed by atoms with Crippen LogP contribution in [0.3, 0.4) is 0 Å². The third-order valence-electron chi connectivity index (χ3n) is 2.91. The Labute approximate surface area is 97.5 Å². The predicted octanol–water partition coefficient (Wildman–Crippen LogP) is 0.651. The van der Waals surface area contributed by atoms with Gasteiger partial charge >= 0.3 is 0 Å². The van der Waals surface area contributed by atoms with E-state index in [1.54, 1.807) is 4.90 Å². The molecule has 84 valence electrons. The summed E-state index contributed by atoms with van der Waals surface area (Å²) in [5, 5.41) is 3.26. The number of likely N-dealkylation sites (tertiary alicyclic amines) is 1. The fraction of sp³-hybridized carbons (Fsp3) is 0.800. The fourth-order valence-corrected chi connectivity index (χ4v) is 2.26. The maximum absolute atomic E-state index is 11.8. The Bertz CT molecular complexity index is 279. The highest BCUT2D eigenvalue weighted by atomic mass is 79.9. The number of amides is 2. The normalized spacial score (nSPS) is 25.4. The van der Waals surface area contributed by atoms with E-state index >= 15 is 0 Å². The zero-order valence-corrected chi connectivity index (χ0v) is 10.1. The van der Waals surface area contributed by atoms with Gasteiger partial charge in [-0.25, -0.2) is 0 Å². The van der Waals surface area contributed by atoms with E-state index in [1.807, 2.05) is 0 Å². The number of nitrogens with zero attached hydrogens (tertiary/aromatic N) is 1. The molecule has 0 aromatic heterocycles. The Balaban J connectivity index is 1.93. The number of hydrogen-bond acceptors (Lipinski definition) is 2. The Morgan fingerprint density at radius 2 is 2.07 bits per heavy atom. The lowest BCUT2D eigenvalue weighted by Gasteiger charge is -2.23. The van der Waals surface area contributed by atoms with E-state index in [-0.39, 0.29) is 17.9 Å². The maximum atomic E-state index is 11.8. The molecule has 1 saturated heterocycles. The molecule has 2 amide bonds. The van der Waals surface area contributed by atoms with Gasteiger partial charge < -0.3 is 10.2 Å². The summed E-state index contributed by atoms with van der Waals surface area (Å²) in [6.07, 6.45) is 3.91. The smallest absolute Gasteiger partial charge is 0.243 e. The predicted molar refractivity (Wildman–Crippen MR) is 59.7 cm³/mol. The summed E-state index contributed by atoms with van der Waals surface area (Å²) in [5.74, 6) is 0.0488. The average molecular weight is 275 g/mol. The van der Waals surface area contributed by atoms with E-state index < -0.39 is 0 Å². The van der Waals surface area contributed by atoms with E-state index in [0.29, 0.717) is 17.9 Å². The monoisotopic (exact) mass is 274 g/mol. The lowest BCUT2D eigenvalue weighted by Crippen LogP contribution is -2.46. The van der Waals surface area contributed by atoms with Crippen molar-refractivity contribution in [1.29, 1.82) is 0 Å². The van der Waals surface area contributed by atoms with Gasteiger partial charge in [0.25, 0.3) is 0 Å². The summed E-state index contributed by atoms with van der Waals surface area (Å²) >= 11 is 3.14. The van der Waals surface area contributed by atoms with Crippen molar-refractivity contribution in [2.45, 2.75) is 37.8 Å². The first-order valence-corrected chi connectivity index (χ1v) is 6.50. The molecule has 0 spiro atoms. The van der Waals surface area contributed by atoms with Crippen molar-refractivity contribution >= 4 is 27.7 Å². The molecule has 0 radical (unpaired) electrons. The first kappa shape index (κ1) is 10.9. The van der Waals surface area contributed by atoms with E-state index in [4.69, 9.17) is 0 Å². The van der Waals surface area contributed by atoms with Crippen LogP contribution in [0.15, 0.2) is 0 Å². The highest BCUT2D eigenvalue weighted by Gasteiger charge is 2.35. The Morgan fingerprint density at radius 3 is 2.67 bits per heavy atom. The summed E-state index contributed by atoms with van der Waals surface area (Å²) in [7, 11) is 0. The van der Waals surface area contributed by atoms with Crippen LogP contribution < -0.4 is 5.32 Å². The first-order chi connectivity index (χ1) is 7.22. The minimum absolute atomic E-state index is 0.0171. The van der Waals surface area contributed by atoms with Crippen molar-refractivity contribution in [3.63, 3.8) is 0 Å². The molecule has 15 heavy (non-hydrogen) atoms. The van der Waals surface area contributed by atoms with Gasteiger partial charge in [-0.2, -0.15) is 0 Å². The standard InChI is InChI=1S/C10H15BrN2O2/c11-6-9(14)13-5-1-2-8(13)10(15)12-7-3-4-7/h7-8H,1-6H2,(H,12,15)/t8-/m0/s1. The van der Waals surface area contributed by atoms with Gasteiger partial charge in [0.05, 0.1) is 5.33 Å². The molecule has 0 aromatic rings. The van der Waals surface area contributed by atoms with E-state index in [9.17, 15) is 9.59 Å². The van der Waals surface area contributed by atoms with Crippen LogP contribution in [0.5, 0.6) is 0 Å². The maximum Gasteiger partial charge on any atom is 0.243 e. The molecule has 4 nitrogen and oxygen atoms in total. The quantitative estimate of drug-likeness (QED) is 0.769. The summed E-state index contributed by atoms with van der Waals surface area (Å²) in [5.41, 5.74) is 0. The van der Waals surface area contributed by atoms with Crippen LogP contribution in [0.1, 0.15) is 25.7 Å². The highest BCUT2D eigenvalue weighted by molar-refractivity contribution is 9.09. The first-order valence-electron chi connectivity index (χ1n) is 5.38. The van der Waals surface area contributed by atoms with Crippen LogP contribution in [0.25, 0.3) is 0 Å². The van der Waals surface area contributed by atoms with Crippen LogP contribution in [0, 0.1) is 0 Å². The van der Waals surface area contributed by atoms with E-state index in [0.717, 1.165) is 25.7 Å². The number of alkyl halides is 1. The van der Waals surface area contributed by atoms with Crippen molar-refractivity contribution in [3.05, 3.63) is 0 Å². The molecule has 1 atom stereocenters. The van der Waals surface area contributed by atoms with Crippen LogP contribution in [0.4, 0.5) is 0 Å². The van der Waals surface area contributed by atoms with E-state index in [2.05, 4.69) is 21.2 Å². The molecular weight excluding hydrogens is 260 g/mol. The molecule has 1 saturated carbocycles. The van der Waals surface area contributed by atoms with Gasteiger partial charge in [0.15, 0.2) is 0 Å². The average Bonchev–Trinajstić information content (AvgIpc) is 2.90. The van der Waals surface area contributed by atoms with Crippen molar-refractivity contribution in [1.82, 2.24) is 10.2 Å². The number of hydrogen-bond donors (Lipinski definition) is 1. The molecule has 1 heterocycles. The summed E-state index contributed by atoms with van der Waals surface area (Å²) in [6, 6.07) is 0.148. The number of nitrogens with one attached hydrogen (secondary N) is 1. The molecule has 1 N–H and O–H groups in total. The molecule has 0 bridgehead atoms. The third kappa shape index (κ3) is 2.51. The second-order valence-electron chi connectivity index (χ2n) is 4.16. The summed E-state index contributed by atoms with van der Waals surface area (Å²) in [6.45, 7) is 0.715. The minimum Gasteiger partial charge on any atom is -0.352 e. The molecule has 1 aliphatic heterocycles. The Kier molecular flexibility index (Phi) is 3.29. The molecule has 0 unspecified atom stereocenters. The Morgan fingerprint density at radius 1 is 1.33 bits per heavy atom. The lowest BCUT2D eigenvalue weighted by molar-refractivity contribution is -0.136. The Hall–Kier alpha value is -0.580. The highest BCUT2D eigenvalue weighted by Crippen LogP contribution is 2.22. The second kappa shape index (κ2) is 4.51. The molecular formula is C10H15BrN2O2. The molecule has 2 fully saturated rings. The lowest BCUT2D eigenvalue weighted by atomic mass is 10.2. The van der Waals surface area contributed by atoms with Gasteiger partial charge in [-0.1, -0.05) is 15.9 Å². The molecule has 2 rings (SSSR count). The summed E-state index contributed by atoms with van der Waals surface area (Å²) in [4.78, 5) is 25.0. The largest absolute Gasteiger partial charge is 0.352 e. The van der Waals surface area contributed by atoms with Crippen LogP contribution in [0.2, 0.25) is 0 Å². The van der Waals surface area contributed by atoms with Crippen molar-refractivity contribution in [3.8, 4) is 0 Å².